The van der Waals surface area contributed by atoms with Gasteiger partial charge in [-0.2, -0.15) is 0 Å². The highest BCUT2D eigenvalue weighted by molar-refractivity contribution is 4.78. The third-order valence-corrected chi connectivity index (χ3v) is 0.854. The molecule has 0 aromatic carbocycles. The third-order valence-electron chi connectivity index (χ3n) is 0.854. The zero-order valence-corrected chi connectivity index (χ0v) is 3.42. The second-order valence-corrected chi connectivity index (χ2v) is 1.37. The molecule has 1 heterocycles. The molecule has 0 radical (unpaired) electrons. The summed E-state index contributed by atoms with van der Waals surface area (Å²) in [6.07, 6.45) is 0.0972. The number of nitrogens with two attached hydrogens (primary N) is 2. The van der Waals surface area contributed by atoms with Gasteiger partial charge in [-0.3, -0.25) is 0 Å². The van der Waals surface area contributed by atoms with Gasteiger partial charge in [0.25, 0.3) is 0 Å². The summed E-state index contributed by atoms with van der Waals surface area (Å²) >= 11 is 0. The second kappa shape index (κ2) is 1.18. The molecule has 0 saturated carbocycles. The molecule has 4 N–H and O–H groups in total. The average Bonchev–Trinajstić information content (AvgIpc) is 2.19. The van der Waals surface area contributed by atoms with Crippen molar-refractivity contribution in [2.45, 2.75) is 12.3 Å². The lowest BCUT2D eigenvalue weighted by molar-refractivity contribution is 0.376. The van der Waals surface area contributed by atoms with Gasteiger partial charge < -0.3 is 16.2 Å². The van der Waals surface area contributed by atoms with Crippen molar-refractivity contribution in [3.63, 3.8) is 0 Å². The fourth-order valence-electron chi connectivity index (χ4n) is 0.346. The number of epoxide rings is 1. The predicted octanol–water partition coefficient (Wildman–Crippen LogP) is -1.37. The Bertz CT molecular complexity index is 54.8. The van der Waals surface area contributed by atoms with E-state index in [1.165, 1.54) is 0 Å². The van der Waals surface area contributed by atoms with Crippen LogP contribution in [0.2, 0.25) is 0 Å². The van der Waals surface area contributed by atoms with Gasteiger partial charge in [0.05, 0.1) is 0 Å². The number of ether oxygens (including phenoxy) is 1. The van der Waals surface area contributed by atoms with E-state index >= 15 is 0 Å². The van der Waals surface area contributed by atoms with E-state index in [9.17, 15) is 0 Å². The first-order valence-electron chi connectivity index (χ1n) is 1.95. The Labute approximate surface area is 36.3 Å². The van der Waals surface area contributed by atoms with Crippen molar-refractivity contribution >= 4 is 0 Å². The van der Waals surface area contributed by atoms with Crippen LogP contribution in [0.15, 0.2) is 0 Å². The molecule has 0 aromatic rings. The molecule has 0 aromatic heterocycles. The fourth-order valence-corrected chi connectivity index (χ4v) is 0.346. The zero-order chi connectivity index (χ0) is 4.57. The lowest BCUT2D eigenvalue weighted by Gasteiger charge is -1.74. The minimum atomic E-state index is -0.0602. The van der Waals surface area contributed by atoms with Crippen LogP contribution >= 0.6 is 0 Å². The topological polar surface area (TPSA) is 64.6 Å². The van der Waals surface area contributed by atoms with E-state index in [2.05, 4.69) is 0 Å². The Hall–Kier alpha value is -0.120. The first-order valence-corrected chi connectivity index (χ1v) is 1.95. The van der Waals surface area contributed by atoms with Crippen LogP contribution in [0.3, 0.4) is 0 Å². The molecular weight excluding hydrogens is 80.0 g/mol. The normalized spacial score (nSPS) is 43.0. The summed E-state index contributed by atoms with van der Waals surface area (Å²) in [5.41, 5.74) is 10.3. The number of hydrogen-bond donors (Lipinski definition) is 2. The van der Waals surface area contributed by atoms with Crippen molar-refractivity contribution in [1.29, 1.82) is 0 Å². The highest BCUT2D eigenvalue weighted by Crippen LogP contribution is 2.12. The van der Waals surface area contributed by atoms with Crippen LogP contribution in [-0.2, 0) is 4.74 Å². The molecular formula is C3H8N2O. The largest absolute Gasteiger partial charge is 0.352 e. The van der Waals surface area contributed by atoms with E-state index in [4.69, 9.17) is 16.2 Å². The van der Waals surface area contributed by atoms with Crippen molar-refractivity contribution in [2.24, 2.45) is 11.5 Å². The minimum absolute atomic E-state index is 0.0602. The lowest BCUT2D eigenvalue weighted by atomic mass is 10.4. The summed E-state index contributed by atoms with van der Waals surface area (Å²) in [6.45, 7) is 0.557. The Morgan fingerprint density at radius 2 is 2.17 bits per heavy atom. The molecule has 3 nitrogen and oxygen atoms in total. The molecule has 1 fully saturated rings. The van der Waals surface area contributed by atoms with Crippen LogP contribution in [0, 0.1) is 0 Å². The average molecular weight is 88.1 g/mol. The van der Waals surface area contributed by atoms with Crippen LogP contribution in [0.1, 0.15) is 0 Å². The van der Waals surface area contributed by atoms with E-state index in [1.54, 1.807) is 0 Å². The molecule has 0 spiro atoms. The highest BCUT2D eigenvalue weighted by Gasteiger charge is 2.32. The molecule has 2 unspecified atom stereocenters. The molecule has 36 valence electrons. The van der Waals surface area contributed by atoms with Gasteiger partial charge >= 0.3 is 0 Å². The van der Waals surface area contributed by atoms with Gasteiger partial charge in [0.2, 0.25) is 0 Å². The molecule has 6 heavy (non-hydrogen) atoms. The smallest absolute Gasteiger partial charge is 0.134 e. The lowest BCUT2D eigenvalue weighted by Crippen LogP contribution is -2.14. The van der Waals surface area contributed by atoms with Crippen LogP contribution in [0.25, 0.3) is 0 Å². The first kappa shape index (κ1) is 4.05. The first-order chi connectivity index (χ1) is 2.84. The summed E-state index contributed by atoms with van der Waals surface area (Å²) < 4.78 is 4.72. The maximum absolute atomic E-state index is 5.17. The molecule has 1 aliphatic heterocycles. The standard InChI is InChI=1S/C3H8N2O/c4-1-2-3(5)6-2/h2-3H,1,4-5H2. The molecule has 0 aliphatic carbocycles. The predicted molar refractivity (Wildman–Crippen MR) is 21.9 cm³/mol. The maximum Gasteiger partial charge on any atom is 0.134 e. The Morgan fingerprint density at radius 1 is 1.67 bits per heavy atom. The fraction of sp³-hybridized carbons (Fsp3) is 1.00. The van der Waals surface area contributed by atoms with E-state index in [-0.39, 0.29) is 12.3 Å². The Balaban J connectivity index is 2.09. The molecule has 3 heteroatoms. The van der Waals surface area contributed by atoms with Gasteiger partial charge in [-0.15, -0.1) is 0 Å². The van der Waals surface area contributed by atoms with E-state index in [1.807, 2.05) is 0 Å². The quantitative estimate of drug-likeness (QED) is 0.389. The summed E-state index contributed by atoms with van der Waals surface area (Å²) in [5.74, 6) is 0. The molecule has 1 saturated heterocycles. The zero-order valence-electron chi connectivity index (χ0n) is 3.42. The van der Waals surface area contributed by atoms with Crippen molar-refractivity contribution in [2.75, 3.05) is 6.54 Å². The highest BCUT2D eigenvalue weighted by atomic mass is 16.6. The van der Waals surface area contributed by atoms with E-state index in [0.29, 0.717) is 6.54 Å². The second-order valence-electron chi connectivity index (χ2n) is 1.37. The maximum atomic E-state index is 5.17. The van der Waals surface area contributed by atoms with Crippen molar-refractivity contribution < 1.29 is 4.74 Å². The number of rotatable bonds is 1. The molecule has 1 aliphatic rings. The van der Waals surface area contributed by atoms with Gasteiger partial charge in [-0.25, -0.2) is 0 Å². The SMILES string of the molecule is NCC1OC1N. The minimum Gasteiger partial charge on any atom is -0.352 e. The van der Waals surface area contributed by atoms with Crippen molar-refractivity contribution in [3.05, 3.63) is 0 Å². The van der Waals surface area contributed by atoms with Crippen molar-refractivity contribution in [1.82, 2.24) is 0 Å². The summed E-state index contributed by atoms with van der Waals surface area (Å²) in [4.78, 5) is 0. The van der Waals surface area contributed by atoms with E-state index in [0.717, 1.165) is 0 Å². The summed E-state index contributed by atoms with van der Waals surface area (Å²) in [7, 11) is 0. The van der Waals surface area contributed by atoms with Crippen molar-refractivity contribution in [3.8, 4) is 0 Å². The van der Waals surface area contributed by atoms with Gasteiger partial charge in [0.15, 0.2) is 0 Å². The molecule has 2 atom stereocenters. The van der Waals surface area contributed by atoms with Gasteiger partial charge in [-0.05, 0) is 0 Å². The van der Waals surface area contributed by atoms with Crippen LogP contribution < -0.4 is 11.5 Å². The Kier molecular flexibility index (Phi) is 0.799. The van der Waals surface area contributed by atoms with Gasteiger partial charge in [-0.1, -0.05) is 0 Å². The number of hydrogen-bond acceptors (Lipinski definition) is 3. The monoisotopic (exact) mass is 88.1 g/mol. The molecule has 0 bridgehead atoms. The Morgan fingerprint density at radius 3 is 2.17 bits per heavy atom. The van der Waals surface area contributed by atoms with Crippen LogP contribution in [-0.4, -0.2) is 18.9 Å². The van der Waals surface area contributed by atoms with Gasteiger partial charge in [0, 0.05) is 6.54 Å². The molecule has 0 amide bonds. The summed E-state index contributed by atoms with van der Waals surface area (Å²) in [5, 5.41) is 0. The molecule has 1 rings (SSSR count). The van der Waals surface area contributed by atoms with Crippen LogP contribution in [0.5, 0.6) is 0 Å². The third kappa shape index (κ3) is 0.518. The van der Waals surface area contributed by atoms with E-state index < -0.39 is 0 Å². The summed E-state index contributed by atoms with van der Waals surface area (Å²) in [6, 6.07) is 0. The van der Waals surface area contributed by atoms with Gasteiger partial charge in [0.1, 0.15) is 12.3 Å². The van der Waals surface area contributed by atoms with Crippen LogP contribution in [0.4, 0.5) is 0 Å².